The van der Waals surface area contributed by atoms with Gasteiger partial charge in [0.25, 0.3) is 0 Å². The maximum atomic E-state index is 12.3. The summed E-state index contributed by atoms with van der Waals surface area (Å²) in [6, 6.07) is 20.5. The van der Waals surface area contributed by atoms with Crippen LogP contribution in [0.1, 0.15) is 56.9 Å². The topological polar surface area (TPSA) is 132 Å². The molecule has 11 heteroatoms. The molecule has 5 N–H and O–H groups in total. The summed E-state index contributed by atoms with van der Waals surface area (Å²) in [5.41, 5.74) is 5.45. The first-order chi connectivity index (χ1) is 21.1. The minimum absolute atomic E-state index is 0.0401. The van der Waals surface area contributed by atoms with Crippen LogP contribution in [-0.4, -0.2) is 51.0 Å². The average Bonchev–Trinajstić information content (AvgIpc) is 3.50. The Balaban J connectivity index is 1.10. The zero-order valence-corrected chi connectivity index (χ0v) is 25.0. The summed E-state index contributed by atoms with van der Waals surface area (Å²) >= 11 is 1.65. The Morgan fingerprint density at radius 1 is 0.860 bits per heavy atom. The number of hydrogen-bond acceptors (Lipinski definition) is 9. The van der Waals surface area contributed by atoms with Gasteiger partial charge in [0.2, 0.25) is 17.8 Å². The molecule has 1 aliphatic heterocycles. The van der Waals surface area contributed by atoms with Crippen molar-refractivity contribution in [3.63, 3.8) is 0 Å². The van der Waals surface area contributed by atoms with Gasteiger partial charge in [0, 0.05) is 49.9 Å². The molecule has 0 saturated carbocycles. The molecule has 1 fully saturated rings. The van der Waals surface area contributed by atoms with Crippen LogP contribution in [0.5, 0.6) is 0 Å². The first kappa shape index (κ1) is 30.4. The zero-order valence-electron chi connectivity index (χ0n) is 24.2. The van der Waals surface area contributed by atoms with Crippen molar-refractivity contribution < 1.29 is 14.8 Å². The molecule has 226 valence electrons. The standard InChI is InChI=1S/C32H39N7O3S/c40-28(10-6-1-2-7-11-29(41)38-42)33-24-12-14-25(15-13-24)35-32-36-27-18-21-43-30(27)31(37-32)34-26-16-19-39(20-17-26)22-23-8-4-3-5-9-23/h3-5,8-9,12-15,18,21,26,42H,1-2,6-7,10-11,16-17,19-20,22H2,(H,33,40)(H,38,41)(H2,34,35,36,37). The number of thiophene rings is 1. The Morgan fingerprint density at radius 3 is 2.28 bits per heavy atom. The second-order valence-electron chi connectivity index (χ2n) is 10.9. The second-order valence-corrected chi connectivity index (χ2v) is 11.8. The number of anilines is 4. The van der Waals surface area contributed by atoms with E-state index in [-0.39, 0.29) is 11.8 Å². The molecule has 1 aliphatic rings. The number of unbranched alkanes of at least 4 members (excludes halogenated alkanes) is 3. The Morgan fingerprint density at radius 2 is 1.56 bits per heavy atom. The van der Waals surface area contributed by atoms with Gasteiger partial charge in [-0.15, -0.1) is 11.3 Å². The third-order valence-corrected chi connectivity index (χ3v) is 8.50. The third-order valence-electron chi connectivity index (χ3n) is 7.59. The number of benzene rings is 2. The fourth-order valence-corrected chi connectivity index (χ4v) is 6.04. The number of hydrogen-bond donors (Lipinski definition) is 5. The number of fused-ring (bicyclic) bond motifs is 1. The number of nitrogens with zero attached hydrogens (tertiary/aromatic N) is 3. The van der Waals surface area contributed by atoms with Crippen LogP contribution in [0.3, 0.4) is 0 Å². The average molecular weight is 602 g/mol. The molecule has 0 spiro atoms. The summed E-state index contributed by atoms with van der Waals surface area (Å²) in [6.45, 7) is 3.08. The minimum Gasteiger partial charge on any atom is -0.366 e. The first-order valence-corrected chi connectivity index (χ1v) is 15.8. The van der Waals surface area contributed by atoms with Crippen molar-refractivity contribution >= 4 is 56.5 Å². The number of rotatable bonds is 14. The van der Waals surface area contributed by atoms with Crippen molar-refractivity contribution in [2.24, 2.45) is 0 Å². The number of amides is 2. The van der Waals surface area contributed by atoms with E-state index in [2.05, 4.69) is 51.2 Å². The molecule has 2 aromatic heterocycles. The SMILES string of the molecule is O=C(CCCCCCC(=O)Nc1ccc(Nc2nc(NC3CCN(Cc4ccccc4)CC3)c3sccc3n2)cc1)NO. The van der Waals surface area contributed by atoms with Crippen LogP contribution in [0.4, 0.5) is 23.1 Å². The maximum Gasteiger partial charge on any atom is 0.243 e. The molecule has 3 heterocycles. The highest BCUT2D eigenvalue weighted by Crippen LogP contribution is 2.30. The Labute approximate surface area is 255 Å². The van der Waals surface area contributed by atoms with E-state index in [9.17, 15) is 9.59 Å². The summed E-state index contributed by atoms with van der Waals surface area (Å²) in [7, 11) is 0. The lowest BCUT2D eigenvalue weighted by Crippen LogP contribution is -2.38. The van der Waals surface area contributed by atoms with E-state index in [1.165, 1.54) is 5.56 Å². The zero-order chi connectivity index (χ0) is 29.9. The number of hydroxylamine groups is 1. The molecule has 2 aromatic carbocycles. The number of piperidine rings is 1. The van der Waals surface area contributed by atoms with E-state index in [0.29, 0.717) is 31.3 Å². The van der Waals surface area contributed by atoms with Crippen molar-refractivity contribution in [1.29, 1.82) is 0 Å². The van der Waals surface area contributed by atoms with Gasteiger partial charge in [-0.3, -0.25) is 19.7 Å². The van der Waals surface area contributed by atoms with Crippen molar-refractivity contribution in [1.82, 2.24) is 20.3 Å². The molecule has 0 unspecified atom stereocenters. The Bertz CT molecular complexity index is 1470. The van der Waals surface area contributed by atoms with Crippen molar-refractivity contribution in [2.75, 3.05) is 29.0 Å². The number of likely N-dealkylation sites (tertiary alicyclic amines) is 1. The molecular formula is C32H39N7O3S. The molecule has 0 radical (unpaired) electrons. The Hall–Kier alpha value is -4.06. The molecule has 5 rings (SSSR count). The van der Waals surface area contributed by atoms with Crippen molar-refractivity contribution in [3.8, 4) is 0 Å². The smallest absolute Gasteiger partial charge is 0.243 e. The fraction of sp³-hybridized carbons (Fsp3) is 0.375. The van der Waals surface area contributed by atoms with Gasteiger partial charge in [0.05, 0.1) is 10.2 Å². The lowest BCUT2D eigenvalue weighted by atomic mass is 10.0. The largest absolute Gasteiger partial charge is 0.366 e. The summed E-state index contributed by atoms with van der Waals surface area (Å²) < 4.78 is 1.06. The molecule has 1 saturated heterocycles. The number of carbonyl (C=O) groups excluding carboxylic acids is 2. The van der Waals surface area contributed by atoms with Crippen LogP contribution in [-0.2, 0) is 16.1 Å². The van der Waals surface area contributed by atoms with Crippen LogP contribution in [0.2, 0.25) is 0 Å². The van der Waals surface area contributed by atoms with Crippen LogP contribution >= 0.6 is 11.3 Å². The van der Waals surface area contributed by atoms with Crippen molar-refractivity contribution in [2.45, 2.75) is 64.0 Å². The predicted molar refractivity (Wildman–Crippen MR) is 172 cm³/mol. The van der Waals surface area contributed by atoms with E-state index in [1.807, 2.05) is 35.7 Å². The third kappa shape index (κ3) is 9.21. The maximum absolute atomic E-state index is 12.3. The summed E-state index contributed by atoms with van der Waals surface area (Å²) in [6.07, 6.45) is 5.96. The van der Waals surface area contributed by atoms with Crippen LogP contribution in [0, 0.1) is 0 Å². The number of aromatic nitrogens is 2. The summed E-state index contributed by atoms with van der Waals surface area (Å²) in [5, 5.41) is 20.5. The molecule has 0 atom stereocenters. The van der Waals surface area contributed by atoms with E-state index in [1.54, 1.807) is 16.8 Å². The summed E-state index contributed by atoms with van der Waals surface area (Å²) in [4.78, 5) is 35.4. The van der Waals surface area contributed by atoms with E-state index < -0.39 is 0 Å². The number of carbonyl (C=O) groups is 2. The molecule has 0 bridgehead atoms. The first-order valence-electron chi connectivity index (χ1n) is 14.9. The van der Waals surface area contributed by atoms with E-state index >= 15 is 0 Å². The van der Waals surface area contributed by atoms with Crippen LogP contribution in [0.15, 0.2) is 66.0 Å². The lowest BCUT2D eigenvalue weighted by molar-refractivity contribution is -0.129. The highest BCUT2D eigenvalue weighted by Gasteiger charge is 2.21. The van der Waals surface area contributed by atoms with Gasteiger partial charge in [0.1, 0.15) is 5.82 Å². The quantitative estimate of drug-likeness (QED) is 0.0647. The molecule has 4 aromatic rings. The van der Waals surface area contributed by atoms with Gasteiger partial charge >= 0.3 is 0 Å². The molecule has 10 nitrogen and oxygen atoms in total. The molecular weight excluding hydrogens is 562 g/mol. The highest BCUT2D eigenvalue weighted by atomic mass is 32.1. The normalized spacial score (nSPS) is 14.0. The lowest BCUT2D eigenvalue weighted by Gasteiger charge is -2.32. The van der Waals surface area contributed by atoms with Gasteiger partial charge in [-0.1, -0.05) is 43.2 Å². The Kier molecular flexibility index (Phi) is 10.9. The second kappa shape index (κ2) is 15.4. The molecule has 0 aliphatic carbocycles. The monoisotopic (exact) mass is 601 g/mol. The van der Waals surface area contributed by atoms with Gasteiger partial charge in [-0.25, -0.2) is 10.5 Å². The van der Waals surface area contributed by atoms with E-state index in [4.69, 9.17) is 15.2 Å². The summed E-state index contributed by atoms with van der Waals surface area (Å²) in [5.74, 6) is 0.978. The predicted octanol–water partition coefficient (Wildman–Crippen LogP) is 6.30. The van der Waals surface area contributed by atoms with E-state index in [0.717, 1.165) is 79.1 Å². The van der Waals surface area contributed by atoms with Gasteiger partial charge in [-0.05, 0) is 67.0 Å². The van der Waals surface area contributed by atoms with Crippen LogP contribution in [0.25, 0.3) is 10.2 Å². The molecule has 2 amide bonds. The fourth-order valence-electron chi connectivity index (χ4n) is 5.26. The molecule has 43 heavy (non-hydrogen) atoms. The van der Waals surface area contributed by atoms with Gasteiger partial charge in [-0.2, -0.15) is 4.98 Å². The van der Waals surface area contributed by atoms with Crippen molar-refractivity contribution in [3.05, 3.63) is 71.6 Å². The number of nitrogens with one attached hydrogen (secondary N) is 4. The minimum atomic E-state index is -0.377. The van der Waals surface area contributed by atoms with Gasteiger partial charge < -0.3 is 16.0 Å². The van der Waals surface area contributed by atoms with Crippen LogP contribution < -0.4 is 21.4 Å². The highest BCUT2D eigenvalue weighted by molar-refractivity contribution is 7.17. The van der Waals surface area contributed by atoms with Gasteiger partial charge in [0.15, 0.2) is 0 Å².